The minimum absolute atomic E-state index is 0.00638. The van der Waals surface area contributed by atoms with Gasteiger partial charge in [-0.15, -0.1) is 0 Å². The van der Waals surface area contributed by atoms with Crippen molar-refractivity contribution in [1.29, 1.82) is 0 Å². The van der Waals surface area contributed by atoms with Crippen molar-refractivity contribution >= 4 is 58.5 Å². The fourth-order valence-corrected chi connectivity index (χ4v) is 3.77. The van der Waals surface area contributed by atoms with Gasteiger partial charge in [0.05, 0.1) is 22.7 Å². The van der Waals surface area contributed by atoms with Crippen LogP contribution < -0.4 is 9.44 Å². The maximum absolute atomic E-state index is 12.3. The topological polar surface area (TPSA) is 54.0 Å². The lowest BCUT2D eigenvalue weighted by Crippen LogP contribution is -2.19. The quantitative estimate of drug-likeness (QED) is 0.358. The molecule has 2 rings (SSSR count). The molecule has 4 nitrogen and oxygen atoms in total. The van der Waals surface area contributed by atoms with Gasteiger partial charge in [-0.2, -0.15) is 0 Å². The van der Waals surface area contributed by atoms with Gasteiger partial charge in [0.1, 0.15) is 10.3 Å². The Balaban J connectivity index is 2.04. The average Bonchev–Trinajstić information content (AvgIpc) is 2.63. The third-order valence-electron chi connectivity index (χ3n) is 3.97. The summed E-state index contributed by atoms with van der Waals surface area (Å²) in [5.74, 6) is 0.0744. The number of hydrogen-bond donors (Lipinski definition) is 2. The minimum Gasteiger partial charge on any atom is -0.312 e. The number of rotatable bonds is 8. The molecule has 2 N–H and O–H groups in total. The summed E-state index contributed by atoms with van der Waals surface area (Å²) in [7, 11) is 0. The second-order valence-corrected chi connectivity index (χ2v) is 7.45. The Morgan fingerprint density at radius 1 is 1.19 bits per heavy atom. The van der Waals surface area contributed by atoms with Crippen molar-refractivity contribution in [1.82, 2.24) is 9.71 Å². The number of benzene rings is 1. The van der Waals surface area contributed by atoms with Gasteiger partial charge >= 0.3 is 0 Å². The number of nitrogens with one attached hydrogen (secondary N) is 2. The smallest absolute Gasteiger partial charge is 0.265 e. The van der Waals surface area contributed by atoms with Crippen molar-refractivity contribution in [3.05, 3.63) is 56.8 Å². The Hall–Kier alpha value is -1.14. The molecule has 0 radical (unpaired) electrons. The fraction of sp³-hybridized carbons (Fsp3) is 0.333. The Labute approximate surface area is 173 Å². The number of hydrogen-bond acceptors (Lipinski definition) is 4. The number of pyridine rings is 1. The average molecular weight is 433 g/mol. The molecule has 1 unspecified atom stereocenters. The first kappa shape index (κ1) is 21.2. The molecule has 1 heterocycles. The molecule has 2 aromatic rings. The molecule has 0 aliphatic carbocycles. The molecule has 1 aromatic heterocycles. The summed E-state index contributed by atoms with van der Waals surface area (Å²) in [6.45, 7) is 4.37. The van der Waals surface area contributed by atoms with Crippen LogP contribution in [0.5, 0.6) is 0 Å². The van der Waals surface area contributed by atoms with Crippen LogP contribution in [0.3, 0.4) is 0 Å². The molecule has 0 bridgehead atoms. The van der Waals surface area contributed by atoms with Crippen LogP contribution in [-0.2, 0) is 0 Å². The van der Waals surface area contributed by atoms with E-state index in [1.165, 1.54) is 11.6 Å². The van der Waals surface area contributed by atoms with Gasteiger partial charge in [0.15, 0.2) is 0 Å². The molecule has 8 heteroatoms. The molecule has 0 fully saturated rings. The summed E-state index contributed by atoms with van der Waals surface area (Å²) in [5.41, 5.74) is 2.39. The molecule has 0 saturated carbocycles. The minimum atomic E-state index is -0.406. The van der Waals surface area contributed by atoms with E-state index >= 15 is 0 Å². The lowest BCUT2D eigenvalue weighted by atomic mass is 9.91. The maximum atomic E-state index is 12.3. The Morgan fingerprint density at radius 2 is 1.92 bits per heavy atom. The number of nitrogens with zero attached hydrogens (tertiary/aromatic N) is 1. The lowest BCUT2D eigenvalue weighted by Gasteiger charge is -2.19. The summed E-state index contributed by atoms with van der Waals surface area (Å²) in [6.07, 6.45) is 3.31. The van der Waals surface area contributed by atoms with Crippen LogP contribution in [0.1, 0.15) is 54.9 Å². The van der Waals surface area contributed by atoms with E-state index in [4.69, 9.17) is 34.8 Å². The predicted molar refractivity (Wildman–Crippen MR) is 112 cm³/mol. The molecule has 0 aliphatic heterocycles. The molecule has 0 aliphatic rings. The molecule has 0 spiro atoms. The van der Waals surface area contributed by atoms with E-state index in [2.05, 4.69) is 34.3 Å². The van der Waals surface area contributed by atoms with Crippen molar-refractivity contribution in [3.63, 3.8) is 0 Å². The largest absolute Gasteiger partial charge is 0.312 e. The molecule has 1 aromatic carbocycles. The molecule has 140 valence electrons. The summed E-state index contributed by atoms with van der Waals surface area (Å²) >= 11 is 18.7. The van der Waals surface area contributed by atoms with E-state index in [1.807, 2.05) is 18.2 Å². The van der Waals surface area contributed by atoms with Crippen LogP contribution in [0, 0.1) is 0 Å². The van der Waals surface area contributed by atoms with E-state index < -0.39 is 5.91 Å². The highest BCUT2D eigenvalue weighted by Gasteiger charge is 2.16. The molecule has 1 amide bonds. The van der Waals surface area contributed by atoms with E-state index in [-0.39, 0.29) is 20.9 Å². The fourth-order valence-electron chi connectivity index (χ4n) is 2.66. The van der Waals surface area contributed by atoms with Crippen LogP contribution in [0.15, 0.2) is 30.3 Å². The standard InChI is InChI=1S/C18H20Cl3N3OS/c1-3-7-11(4-2)12-8-5-6-9-15(12)23-26-24-18(25)13-10-14(19)17(21)22-16(13)20/h5-6,8-11,23H,3-4,7H2,1-2H3,(H,24,25). The first-order chi connectivity index (χ1) is 12.5. The third-order valence-corrected chi connectivity index (χ3v) is 5.54. The summed E-state index contributed by atoms with van der Waals surface area (Å²) < 4.78 is 5.89. The van der Waals surface area contributed by atoms with E-state index in [9.17, 15) is 4.79 Å². The zero-order valence-corrected chi connectivity index (χ0v) is 17.6. The number of halogens is 3. The van der Waals surface area contributed by atoms with Crippen molar-refractivity contribution in [3.8, 4) is 0 Å². The van der Waals surface area contributed by atoms with Gasteiger partial charge < -0.3 is 4.72 Å². The van der Waals surface area contributed by atoms with Crippen LogP contribution >= 0.6 is 46.9 Å². The van der Waals surface area contributed by atoms with Gasteiger partial charge in [-0.1, -0.05) is 73.3 Å². The van der Waals surface area contributed by atoms with Gasteiger partial charge in [0.25, 0.3) is 5.91 Å². The van der Waals surface area contributed by atoms with Crippen LogP contribution in [0.2, 0.25) is 15.3 Å². The monoisotopic (exact) mass is 431 g/mol. The van der Waals surface area contributed by atoms with Crippen LogP contribution in [0.4, 0.5) is 5.69 Å². The van der Waals surface area contributed by atoms with Crippen molar-refractivity contribution in [2.45, 2.75) is 39.0 Å². The van der Waals surface area contributed by atoms with Gasteiger partial charge in [0.2, 0.25) is 0 Å². The van der Waals surface area contributed by atoms with E-state index in [0.717, 1.165) is 37.1 Å². The number of carbonyl (C=O) groups excluding carboxylic acids is 1. The number of para-hydroxylation sites is 1. The van der Waals surface area contributed by atoms with E-state index in [1.54, 1.807) is 0 Å². The Kier molecular flexibility index (Phi) is 8.35. The molecule has 0 saturated heterocycles. The summed E-state index contributed by atoms with van der Waals surface area (Å²) in [6, 6.07) is 9.52. The lowest BCUT2D eigenvalue weighted by molar-refractivity contribution is 0.0984. The second kappa shape index (κ2) is 10.3. The maximum Gasteiger partial charge on any atom is 0.265 e. The van der Waals surface area contributed by atoms with Crippen LogP contribution in [-0.4, -0.2) is 10.9 Å². The first-order valence-corrected chi connectivity index (χ1v) is 10.3. The highest BCUT2D eigenvalue weighted by atomic mass is 35.5. The zero-order chi connectivity index (χ0) is 19.1. The number of amides is 1. The van der Waals surface area contributed by atoms with Gasteiger partial charge in [-0.3, -0.25) is 9.52 Å². The predicted octanol–water partition coefficient (Wildman–Crippen LogP) is 6.74. The highest BCUT2D eigenvalue weighted by Crippen LogP contribution is 2.32. The Bertz CT molecular complexity index is 773. The number of aromatic nitrogens is 1. The SMILES string of the molecule is CCCC(CC)c1ccccc1NSNC(=O)c1cc(Cl)c(Cl)nc1Cl. The van der Waals surface area contributed by atoms with Crippen molar-refractivity contribution < 1.29 is 4.79 Å². The third kappa shape index (κ3) is 5.43. The molecular weight excluding hydrogens is 413 g/mol. The number of anilines is 1. The Morgan fingerprint density at radius 3 is 2.62 bits per heavy atom. The summed E-state index contributed by atoms with van der Waals surface area (Å²) in [5, 5.41) is 0.247. The van der Waals surface area contributed by atoms with Gasteiger partial charge in [-0.25, -0.2) is 4.98 Å². The van der Waals surface area contributed by atoms with Crippen LogP contribution in [0.25, 0.3) is 0 Å². The van der Waals surface area contributed by atoms with Gasteiger partial charge in [0, 0.05) is 5.69 Å². The van der Waals surface area contributed by atoms with Crippen molar-refractivity contribution in [2.24, 2.45) is 0 Å². The summed E-state index contributed by atoms with van der Waals surface area (Å²) in [4.78, 5) is 16.1. The normalized spacial score (nSPS) is 11.9. The van der Waals surface area contributed by atoms with Crippen molar-refractivity contribution in [2.75, 3.05) is 4.72 Å². The van der Waals surface area contributed by atoms with E-state index in [0.29, 0.717) is 5.92 Å². The molecule has 26 heavy (non-hydrogen) atoms. The molecule has 1 atom stereocenters. The number of carbonyl (C=O) groups is 1. The van der Waals surface area contributed by atoms with Gasteiger partial charge in [-0.05, 0) is 36.5 Å². The second-order valence-electron chi connectivity index (χ2n) is 5.72. The highest BCUT2D eigenvalue weighted by molar-refractivity contribution is 7.99. The zero-order valence-electron chi connectivity index (χ0n) is 14.5. The molecular formula is C18H20Cl3N3OS. The first-order valence-electron chi connectivity index (χ1n) is 8.30.